The second kappa shape index (κ2) is 4.34. The fourth-order valence-electron chi connectivity index (χ4n) is 0.886. The second-order valence-corrected chi connectivity index (χ2v) is 3.33. The summed E-state index contributed by atoms with van der Waals surface area (Å²) in [6, 6.07) is 0. The molecule has 0 unspecified atom stereocenters. The predicted octanol–water partition coefficient (Wildman–Crippen LogP) is 1.63. The third kappa shape index (κ3) is 5.85. The minimum absolute atomic E-state index is 0.111. The van der Waals surface area contributed by atoms with Crippen LogP contribution in [0.1, 0.15) is 40.5 Å². The molecule has 0 saturated heterocycles. The van der Waals surface area contributed by atoms with Crippen LogP contribution < -0.4 is 5.48 Å². The van der Waals surface area contributed by atoms with Gasteiger partial charge in [-0.2, -0.15) is 0 Å². The minimum Gasteiger partial charge on any atom is -0.371 e. The van der Waals surface area contributed by atoms with Crippen LogP contribution in [0.25, 0.3) is 0 Å². The van der Waals surface area contributed by atoms with Crippen molar-refractivity contribution in [3.8, 4) is 0 Å². The molecule has 0 amide bonds. The Labute approximate surface area is 68.1 Å². The minimum atomic E-state index is -0.297. The van der Waals surface area contributed by atoms with Crippen LogP contribution in [-0.2, 0) is 9.63 Å². The van der Waals surface area contributed by atoms with Gasteiger partial charge in [0.2, 0.25) is 0 Å². The lowest BCUT2D eigenvalue weighted by Gasteiger charge is -2.23. The van der Waals surface area contributed by atoms with Gasteiger partial charge < -0.3 is 4.84 Å². The maximum atomic E-state index is 10.4. The third-order valence-electron chi connectivity index (χ3n) is 1.35. The summed E-state index contributed by atoms with van der Waals surface area (Å²) in [6.45, 7) is 7.48. The topological polar surface area (TPSA) is 38.3 Å². The van der Waals surface area contributed by atoms with E-state index in [4.69, 9.17) is 0 Å². The van der Waals surface area contributed by atoms with Gasteiger partial charge >= 0.3 is 5.97 Å². The summed E-state index contributed by atoms with van der Waals surface area (Å²) in [5.41, 5.74) is 2.60. The molecule has 0 aliphatic carbocycles. The monoisotopic (exact) mass is 159 g/mol. The summed E-state index contributed by atoms with van der Waals surface area (Å²) in [4.78, 5) is 15.1. The molecule has 0 aromatic heterocycles. The van der Waals surface area contributed by atoms with E-state index in [1.54, 1.807) is 0 Å². The van der Waals surface area contributed by atoms with Crippen molar-refractivity contribution in [2.24, 2.45) is 0 Å². The van der Waals surface area contributed by atoms with Crippen molar-refractivity contribution in [1.29, 1.82) is 0 Å². The molecule has 0 saturated carbocycles. The van der Waals surface area contributed by atoms with Crippen molar-refractivity contribution in [3.05, 3.63) is 0 Å². The number of carbonyl (C=O) groups excluding carboxylic acids is 1. The average Bonchev–Trinajstić information content (AvgIpc) is 1.84. The zero-order valence-electron chi connectivity index (χ0n) is 7.73. The Morgan fingerprint density at radius 3 is 2.45 bits per heavy atom. The van der Waals surface area contributed by atoms with Crippen LogP contribution in [0.3, 0.4) is 0 Å². The third-order valence-corrected chi connectivity index (χ3v) is 1.35. The number of hydrogen-bond acceptors (Lipinski definition) is 3. The van der Waals surface area contributed by atoms with Gasteiger partial charge in [0.05, 0.1) is 0 Å². The lowest BCUT2D eigenvalue weighted by molar-refractivity contribution is -0.152. The van der Waals surface area contributed by atoms with Crippen molar-refractivity contribution in [1.82, 2.24) is 5.48 Å². The smallest absolute Gasteiger partial charge is 0.321 e. The molecule has 0 aliphatic rings. The summed E-state index contributed by atoms with van der Waals surface area (Å²) in [5.74, 6) is -0.297. The van der Waals surface area contributed by atoms with E-state index in [1.807, 2.05) is 13.8 Å². The number of rotatable bonds is 4. The van der Waals surface area contributed by atoms with Gasteiger partial charge in [-0.1, -0.05) is 13.3 Å². The molecule has 0 fully saturated rings. The van der Waals surface area contributed by atoms with E-state index in [9.17, 15) is 4.79 Å². The fraction of sp³-hybridized carbons (Fsp3) is 0.875. The molecular weight excluding hydrogens is 142 g/mol. The van der Waals surface area contributed by atoms with Gasteiger partial charge in [-0.3, -0.25) is 4.79 Å². The van der Waals surface area contributed by atoms with E-state index in [2.05, 4.69) is 17.2 Å². The maximum Gasteiger partial charge on any atom is 0.321 e. The number of nitrogens with one attached hydrogen (secondary N) is 1. The first kappa shape index (κ1) is 10.4. The zero-order valence-corrected chi connectivity index (χ0v) is 7.73. The van der Waals surface area contributed by atoms with Gasteiger partial charge in [-0.25, -0.2) is 0 Å². The van der Waals surface area contributed by atoms with Crippen LogP contribution in [0.15, 0.2) is 0 Å². The van der Waals surface area contributed by atoms with Crippen molar-refractivity contribution >= 4 is 5.97 Å². The molecule has 0 aromatic carbocycles. The molecule has 0 radical (unpaired) electrons. The molecule has 0 spiro atoms. The van der Waals surface area contributed by atoms with Crippen LogP contribution in [0.2, 0.25) is 0 Å². The Morgan fingerprint density at radius 1 is 1.55 bits per heavy atom. The predicted molar refractivity (Wildman–Crippen MR) is 43.9 cm³/mol. The molecule has 1 N–H and O–H groups in total. The highest BCUT2D eigenvalue weighted by molar-refractivity contribution is 5.65. The Bertz CT molecular complexity index is 132. The first-order valence-electron chi connectivity index (χ1n) is 3.92. The van der Waals surface area contributed by atoms with Gasteiger partial charge in [0.1, 0.15) is 0 Å². The fourth-order valence-corrected chi connectivity index (χ4v) is 0.886. The van der Waals surface area contributed by atoms with Crippen molar-refractivity contribution in [3.63, 3.8) is 0 Å². The van der Waals surface area contributed by atoms with Gasteiger partial charge in [-0.05, 0) is 20.3 Å². The van der Waals surface area contributed by atoms with E-state index in [-0.39, 0.29) is 11.5 Å². The molecular formula is C8H17NO2. The Balaban J connectivity index is 3.63. The van der Waals surface area contributed by atoms with E-state index in [0.29, 0.717) is 0 Å². The molecule has 0 rings (SSSR count). The Morgan fingerprint density at radius 2 is 2.09 bits per heavy atom. The number of carbonyl (C=O) groups is 1. The van der Waals surface area contributed by atoms with Crippen molar-refractivity contribution in [2.75, 3.05) is 0 Å². The second-order valence-electron chi connectivity index (χ2n) is 3.33. The highest BCUT2D eigenvalue weighted by atomic mass is 16.7. The van der Waals surface area contributed by atoms with Crippen LogP contribution in [0.4, 0.5) is 0 Å². The molecule has 11 heavy (non-hydrogen) atoms. The van der Waals surface area contributed by atoms with Gasteiger partial charge in [-0.15, -0.1) is 5.48 Å². The first-order chi connectivity index (χ1) is 4.98. The lowest BCUT2D eigenvalue weighted by Crippen LogP contribution is -2.39. The normalized spacial score (nSPS) is 11.3. The number of hydrogen-bond donors (Lipinski definition) is 1. The molecule has 0 bridgehead atoms. The Kier molecular flexibility index (Phi) is 4.11. The van der Waals surface area contributed by atoms with Crippen molar-refractivity contribution in [2.45, 2.75) is 46.1 Å². The van der Waals surface area contributed by atoms with Gasteiger partial charge in [0.15, 0.2) is 0 Å². The summed E-state index contributed by atoms with van der Waals surface area (Å²) in [7, 11) is 0. The molecule has 0 aliphatic heterocycles. The van der Waals surface area contributed by atoms with Gasteiger partial charge in [0.25, 0.3) is 0 Å². The zero-order chi connectivity index (χ0) is 8.91. The SMILES string of the molecule is CCCC(C)(C)NOC(C)=O. The summed E-state index contributed by atoms with van der Waals surface area (Å²) in [5, 5.41) is 0. The summed E-state index contributed by atoms with van der Waals surface area (Å²) in [6.07, 6.45) is 2.06. The molecule has 0 atom stereocenters. The molecule has 66 valence electrons. The van der Waals surface area contributed by atoms with Crippen LogP contribution in [0.5, 0.6) is 0 Å². The molecule has 0 aromatic rings. The van der Waals surface area contributed by atoms with E-state index in [1.165, 1.54) is 6.92 Å². The lowest BCUT2D eigenvalue weighted by atomic mass is 10.0. The first-order valence-corrected chi connectivity index (χ1v) is 3.92. The highest BCUT2D eigenvalue weighted by Crippen LogP contribution is 2.09. The van der Waals surface area contributed by atoms with Crippen LogP contribution in [0, 0.1) is 0 Å². The number of hydroxylamine groups is 1. The molecule has 0 heterocycles. The molecule has 3 heteroatoms. The largest absolute Gasteiger partial charge is 0.371 e. The van der Waals surface area contributed by atoms with E-state index < -0.39 is 0 Å². The highest BCUT2D eigenvalue weighted by Gasteiger charge is 2.16. The summed E-state index contributed by atoms with van der Waals surface area (Å²) >= 11 is 0. The quantitative estimate of drug-likeness (QED) is 0.634. The van der Waals surface area contributed by atoms with Crippen LogP contribution >= 0.6 is 0 Å². The van der Waals surface area contributed by atoms with Crippen LogP contribution in [-0.4, -0.2) is 11.5 Å². The summed E-state index contributed by atoms with van der Waals surface area (Å²) < 4.78 is 0. The standard InChI is InChI=1S/C8H17NO2/c1-5-6-8(3,4)9-11-7(2)10/h9H,5-6H2,1-4H3. The van der Waals surface area contributed by atoms with Crippen molar-refractivity contribution < 1.29 is 9.63 Å². The van der Waals surface area contributed by atoms with Gasteiger partial charge in [0, 0.05) is 12.5 Å². The average molecular weight is 159 g/mol. The Hall–Kier alpha value is -0.570. The van der Waals surface area contributed by atoms with E-state index >= 15 is 0 Å². The maximum absolute atomic E-state index is 10.4. The molecule has 3 nitrogen and oxygen atoms in total. The van der Waals surface area contributed by atoms with E-state index in [0.717, 1.165) is 12.8 Å².